The van der Waals surface area contributed by atoms with Crippen LogP contribution in [-0.2, 0) is 0 Å². The summed E-state index contributed by atoms with van der Waals surface area (Å²) in [7, 11) is 2.98. The van der Waals surface area contributed by atoms with E-state index >= 15 is 0 Å². The smallest absolute Gasteiger partial charge is 0.261 e. The van der Waals surface area contributed by atoms with Crippen molar-refractivity contribution in [3.05, 3.63) is 39.9 Å². The van der Waals surface area contributed by atoms with Crippen molar-refractivity contribution in [2.45, 2.75) is 25.2 Å². The molecule has 2 heterocycles. The summed E-state index contributed by atoms with van der Waals surface area (Å²) in [5.74, 6) is -1.45. The number of methoxy groups -OCH3 is 2. The second kappa shape index (κ2) is 10.2. The Kier molecular flexibility index (Phi) is 7.79. The Morgan fingerprint density at radius 2 is 1.88 bits per heavy atom. The van der Waals surface area contributed by atoms with Crippen LogP contribution in [0.15, 0.2) is 29.3 Å². The van der Waals surface area contributed by atoms with Crippen molar-refractivity contribution >= 4 is 40.4 Å². The maximum absolute atomic E-state index is 13.3. The number of amidine groups is 1. The summed E-state index contributed by atoms with van der Waals surface area (Å²) in [5, 5.41) is 12.0. The van der Waals surface area contributed by atoms with E-state index in [0.29, 0.717) is 70.3 Å². The van der Waals surface area contributed by atoms with Crippen LogP contribution in [0.3, 0.4) is 0 Å². The van der Waals surface area contributed by atoms with Crippen molar-refractivity contribution < 1.29 is 18.3 Å². The molecule has 32 heavy (non-hydrogen) atoms. The van der Waals surface area contributed by atoms with Crippen LogP contribution in [0.25, 0.3) is 5.70 Å². The first-order chi connectivity index (χ1) is 15.2. The molecule has 6 nitrogen and oxygen atoms in total. The van der Waals surface area contributed by atoms with Gasteiger partial charge in [0.05, 0.1) is 36.5 Å². The summed E-state index contributed by atoms with van der Waals surface area (Å²) in [6.45, 7) is 5.23. The van der Waals surface area contributed by atoms with E-state index in [9.17, 15) is 8.78 Å². The molecule has 0 bridgehead atoms. The summed E-state index contributed by atoms with van der Waals surface area (Å²) < 4.78 is 37.2. The minimum Gasteiger partial charge on any atom is -0.495 e. The lowest BCUT2D eigenvalue weighted by molar-refractivity contribution is 0.0121. The van der Waals surface area contributed by atoms with Crippen molar-refractivity contribution in [3.63, 3.8) is 0 Å². The molecule has 0 spiro atoms. The third kappa shape index (κ3) is 5.42. The molecular weight excluding hydrogens is 461 g/mol. The molecule has 0 radical (unpaired) electrons. The van der Waals surface area contributed by atoms with E-state index in [1.807, 2.05) is 0 Å². The lowest BCUT2D eigenvalue weighted by Gasteiger charge is -2.23. The van der Waals surface area contributed by atoms with E-state index in [1.165, 1.54) is 14.2 Å². The lowest BCUT2D eigenvalue weighted by atomic mass is 10.0. The number of nitrogens with one attached hydrogen (secondary N) is 2. The fourth-order valence-electron chi connectivity index (χ4n) is 3.64. The van der Waals surface area contributed by atoms with Crippen LogP contribution in [-0.4, -0.2) is 62.8 Å². The zero-order chi connectivity index (χ0) is 23.5. The Morgan fingerprint density at radius 1 is 1.22 bits per heavy atom. The highest BCUT2D eigenvalue weighted by Crippen LogP contribution is 2.43. The molecule has 10 heteroatoms. The van der Waals surface area contributed by atoms with Gasteiger partial charge < -0.3 is 14.8 Å². The van der Waals surface area contributed by atoms with Gasteiger partial charge in [0, 0.05) is 31.1 Å². The van der Waals surface area contributed by atoms with Crippen molar-refractivity contribution in [1.29, 1.82) is 5.41 Å². The quantitative estimate of drug-likeness (QED) is 0.504. The molecule has 174 valence electrons. The highest BCUT2D eigenvalue weighted by Gasteiger charge is 2.37. The Bertz CT molecular complexity index is 951. The zero-order valence-electron chi connectivity index (χ0n) is 18.0. The molecule has 0 aliphatic carbocycles. The Labute approximate surface area is 196 Å². The van der Waals surface area contributed by atoms with Crippen LogP contribution < -0.4 is 14.8 Å². The molecule has 2 aliphatic heterocycles. The van der Waals surface area contributed by atoms with Gasteiger partial charge in [0.2, 0.25) is 0 Å². The number of alkyl halides is 2. The molecule has 0 amide bonds. The van der Waals surface area contributed by atoms with Crippen LogP contribution in [0.2, 0.25) is 10.0 Å². The number of aliphatic imine (C=N–C) groups is 1. The zero-order valence-corrected chi connectivity index (χ0v) is 19.5. The van der Waals surface area contributed by atoms with Crippen LogP contribution in [0.5, 0.6) is 11.5 Å². The third-order valence-electron chi connectivity index (χ3n) is 5.37. The largest absolute Gasteiger partial charge is 0.495 e. The molecule has 0 aromatic heterocycles. The normalized spacial score (nSPS) is 19.8. The first kappa shape index (κ1) is 24.5. The van der Waals surface area contributed by atoms with E-state index in [1.54, 1.807) is 17.0 Å². The van der Waals surface area contributed by atoms with E-state index in [2.05, 4.69) is 16.9 Å². The second-order valence-electron chi connectivity index (χ2n) is 7.69. The Hall–Kier alpha value is -2.16. The maximum atomic E-state index is 13.3. The topological polar surface area (TPSA) is 69.9 Å². The SMILES string of the molecule is C=C1C=C(c2c(Cl)c(OC)cc(OC)c2Cl)NC(=NCCCCN2CCC(F)(F)C2)C1=N. The van der Waals surface area contributed by atoms with E-state index in [-0.39, 0.29) is 18.7 Å². The van der Waals surface area contributed by atoms with Gasteiger partial charge in [-0.3, -0.25) is 15.3 Å². The molecular formula is C22H26Cl2F2N4O2. The highest BCUT2D eigenvalue weighted by molar-refractivity contribution is 6.50. The number of allylic oxidation sites excluding steroid dienone is 1. The summed E-state index contributed by atoms with van der Waals surface area (Å²) in [6, 6.07) is 1.60. The molecule has 0 saturated carbocycles. The average Bonchev–Trinajstić information content (AvgIpc) is 3.09. The number of halogens is 4. The number of likely N-dealkylation sites (tertiary alicyclic amines) is 1. The first-order valence-electron chi connectivity index (χ1n) is 10.2. The van der Waals surface area contributed by atoms with E-state index < -0.39 is 5.92 Å². The average molecular weight is 487 g/mol. The molecule has 0 unspecified atom stereocenters. The van der Waals surface area contributed by atoms with Gasteiger partial charge in [0.1, 0.15) is 17.2 Å². The van der Waals surface area contributed by atoms with Gasteiger partial charge in [-0.1, -0.05) is 29.8 Å². The van der Waals surface area contributed by atoms with Crippen LogP contribution in [0, 0.1) is 5.41 Å². The van der Waals surface area contributed by atoms with Gasteiger partial charge in [-0.25, -0.2) is 8.78 Å². The molecule has 2 aliphatic rings. The Morgan fingerprint density at radius 3 is 2.44 bits per heavy atom. The monoisotopic (exact) mass is 486 g/mol. The van der Waals surface area contributed by atoms with Crippen molar-refractivity contribution in [2.24, 2.45) is 4.99 Å². The molecule has 2 N–H and O–H groups in total. The Balaban J connectivity index is 1.71. The predicted molar refractivity (Wildman–Crippen MR) is 125 cm³/mol. The van der Waals surface area contributed by atoms with Gasteiger partial charge in [0.25, 0.3) is 5.92 Å². The number of hydrogen-bond donors (Lipinski definition) is 2. The van der Waals surface area contributed by atoms with Crippen LogP contribution in [0.1, 0.15) is 24.8 Å². The molecule has 0 atom stereocenters. The standard InChI is InChI=1S/C22H26Cl2F2N4O2/c1-13-10-14(17-18(23)15(31-2)11-16(32-3)19(17)24)29-21(20(13)27)28-7-4-5-8-30-9-6-22(25,26)12-30/h10-11,27H,1,4-9,12H2,2-3H3,(H,28,29). The summed E-state index contributed by atoms with van der Waals surface area (Å²) in [6.07, 6.45) is 3.05. The van der Waals surface area contributed by atoms with Crippen molar-refractivity contribution in [1.82, 2.24) is 10.2 Å². The molecule has 1 saturated heterocycles. The number of rotatable bonds is 8. The van der Waals surface area contributed by atoms with Crippen molar-refractivity contribution in [3.8, 4) is 11.5 Å². The van der Waals surface area contributed by atoms with E-state index in [4.69, 9.17) is 38.1 Å². The minimum atomic E-state index is -2.57. The molecule has 1 fully saturated rings. The van der Waals surface area contributed by atoms with Gasteiger partial charge in [-0.2, -0.15) is 0 Å². The lowest BCUT2D eigenvalue weighted by Crippen LogP contribution is -2.34. The van der Waals surface area contributed by atoms with Crippen LogP contribution in [0.4, 0.5) is 8.78 Å². The van der Waals surface area contributed by atoms with Gasteiger partial charge in [-0.05, 0) is 31.0 Å². The fraction of sp³-hybridized carbons (Fsp3) is 0.455. The van der Waals surface area contributed by atoms with Gasteiger partial charge in [0.15, 0.2) is 5.84 Å². The number of ether oxygens (including phenoxy) is 2. The number of nitrogens with zero attached hydrogens (tertiary/aromatic N) is 2. The number of hydrogen-bond acceptors (Lipinski definition) is 5. The summed E-state index contributed by atoms with van der Waals surface area (Å²) in [5.41, 5.74) is 1.60. The highest BCUT2D eigenvalue weighted by atomic mass is 35.5. The second-order valence-corrected chi connectivity index (χ2v) is 8.44. The van der Waals surface area contributed by atoms with E-state index in [0.717, 1.165) is 6.42 Å². The molecule has 1 aromatic rings. The van der Waals surface area contributed by atoms with Gasteiger partial charge >= 0.3 is 0 Å². The van der Waals surface area contributed by atoms with Gasteiger partial charge in [-0.15, -0.1) is 0 Å². The van der Waals surface area contributed by atoms with Crippen molar-refractivity contribution in [2.75, 3.05) is 40.4 Å². The number of unbranched alkanes of at least 4 members (excludes halogenated alkanes) is 1. The number of benzene rings is 1. The predicted octanol–water partition coefficient (Wildman–Crippen LogP) is 5.05. The maximum Gasteiger partial charge on any atom is 0.261 e. The van der Waals surface area contributed by atoms with Crippen LogP contribution >= 0.6 is 23.2 Å². The first-order valence-corrected chi connectivity index (χ1v) is 10.9. The molecule has 1 aromatic carbocycles. The third-order valence-corrected chi connectivity index (χ3v) is 6.12. The summed E-state index contributed by atoms with van der Waals surface area (Å²) >= 11 is 13.0. The minimum absolute atomic E-state index is 0.0756. The summed E-state index contributed by atoms with van der Waals surface area (Å²) in [4.78, 5) is 6.27. The molecule has 3 rings (SSSR count). The fourth-order valence-corrected chi connectivity index (χ4v) is 4.34.